The maximum atomic E-state index is 12.0. The van der Waals surface area contributed by atoms with Crippen molar-refractivity contribution in [1.82, 2.24) is 20.2 Å². The number of carbonyl (C=O) groups is 1. The molecule has 2 atom stereocenters. The maximum absolute atomic E-state index is 12.0. The first-order valence-electron chi connectivity index (χ1n) is 12.1. The molecule has 0 saturated heterocycles. The normalized spacial score (nSPS) is 18.6. The molecule has 1 aromatic heterocycles. The second-order valence-corrected chi connectivity index (χ2v) is 8.99. The first kappa shape index (κ1) is 26.7. The van der Waals surface area contributed by atoms with Crippen LogP contribution in [0.15, 0.2) is 71.4 Å². The van der Waals surface area contributed by atoms with E-state index in [2.05, 4.69) is 33.4 Å². The Labute approximate surface area is 214 Å². The molecule has 2 aromatic rings. The van der Waals surface area contributed by atoms with Crippen molar-refractivity contribution in [3.63, 3.8) is 0 Å². The van der Waals surface area contributed by atoms with Crippen LogP contribution < -0.4 is 15.4 Å². The van der Waals surface area contributed by atoms with Crippen molar-refractivity contribution in [2.24, 2.45) is 0 Å². The molecule has 0 saturated carbocycles. The number of aromatic nitrogens is 2. The zero-order chi connectivity index (χ0) is 26.1. The summed E-state index contributed by atoms with van der Waals surface area (Å²) < 4.78 is 5.77. The molecule has 0 amide bonds. The Balaban J connectivity index is 1.75. The quantitative estimate of drug-likeness (QED) is 0.221. The summed E-state index contributed by atoms with van der Waals surface area (Å²) in [4.78, 5) is 23.3. The van der Waals surface area contributed by atoms with E-state index in [0.717, 1.165) is 54.0 Å². The molecule has 1 aliphatic heterocycles. The highest BCUT2D eigenvalue weighted by molar-refractivity contribution is 5.74. The molecule has 7 heteroatoms. The molecule has 1 aliphatic rings. The van der Waals surface area contributed by atoms with Gasteiger partial charge in [0.05, 0.1) is 11.4 Å². The number of ether oxygens (including phenoxy) is 1. The summed E-state index contributed by atoms with van der Waals surface area (Å²) in [5.74, 6) is 4.19. The first-order chi connectivity index (χ1) is 17.4. The van der Waals surface area contributed by atoms with Gasteiger partial charge in [-0.2, -0.15) is 0 Å². The van der Waals surface area contributed by atoms with E-state index in [-0.39, 0.29) is 12.0 Å². The minimum Gasteiger partial charge on any atom is -0.448 e. The van der Waals surface area contributed by atoms with Crippen LogP contribution in [0, 0.1) is 19.3 Å². The van der Waals surface area contributed by atoms with E-state index in [1.807, 2.05) is 64.2 Å². The fraction of sp³-hybridized carbons (Fsp3) is 0.345. The predicted octanol–water partition coefficient (Wildman–Crippen LogP) is 4.57. The summed E-state index contributed by atoms with van der Waals surface area (Å²) in [5.41, 5.74) is 4.63. The highest BCUT2D eigenvalue weighted by atomic mass is 16.5. The molecule has 188 valence electrons. The Kier molecular flexibility index (Phi) is 9.43. The molecule has 0 spiro atoms. The average Bonchev–Trinajstić information content (AvgIpc) is 2.88. The molecular formula is C29H35N5O2. The molecule has 0 radical (unpaired) electrons. The fourth-order valence-electron chi connectivity index (χ4n) is 4.25. The van der Waals surface area contributed by atoms with Crippen LogP contribution in [0.4, 0.5) is 5.95 Å². The summed E-state index contributed by atoms with van der Waals surface area (Å²) in [7, 11) is 1.92. The Morgan fingerprint density at radius 1 is 1.25 bits per heavy atom. The lowest BCUT2D eigenvalue weighted by molar-refractivity contribution is -0.106. The highest BCUT2D eigenvalue weighted by Gasteiger charge is 2.31. The van der Waals surface area contributed by atoms with Crippen molar-refractivity contribution >= 4 is 12.2 Å². The second kappa shape index (κ2) is 12.7. The van der Waals surface area contributed by atoms with Gasteiger partial charge in [0.15, 0.2) is 12.0 Å². The van der Waals surface area contributed by atoms with Crippen molar-refractivity contribution in [3.8, 4) is 18.1 Å². The van der Waals surface area contributed by atoms with E-state index in [1.54, 1.807) is 12.3 Å². The number of benzene rings is 1. The number of allylic oxidation sites excluding steroid dienone is 6. The van der Waals surface area contributed by atoms with Gasteiger partial charge in [0.25, 0.3) is 0 Å². The Morgan fingerprint density at radius 3 is 2.67 bits per heavy atom. The molecule has 2 heterocycles. The molecule has 1 aromatic carbocycles. The van der Waals surface area contributed by atoms with Gasteiger partial charge in [0.1, 0.15) is 5.75 Å². The fourth-order valence-corrected chi connectivity index (χ4v) is 4.25. The molecule has 2 N–H and O–H groups in total. The zero-order valence-electron chi connectivity index (χ0n) is 21.7. The topological polar surface area (TPSA) is 79.4 Å². The molecule has 0 aliphatic carbocycles. The molecule has 0 fully saturated rings. The lowest BCUT2D eigenvalue weighted by Crippen LogP contribution is -2.42. The third-order valence-electron chi connectivity index (χ3n) is 6.28. The van der Waals surface area contributed by atoms with Crippen LogP contribution in [-0.2, 0) is 4.79 Å². The van der Waals surface area contributed by atoms with Gasteiger partial charge in [0, 0.05) is 36.9 Å². The number of aldehydes is 1. The van der Waals surface area contributed by atoms with Crippen molar-refractivity contribution in [2.75, 3.05) is 25.5 Å². The third-order valence-corrected chi connectivity index (χ3v) is 6.28. The number of aryl methyl sites for hydroxylation is 1. The van der Waals surface area contributed by atoms with E-state index >= 15 is 0 Å². The van der Waals surface area contributed by atoms with Crippen molar-refractivity contribution < 1.29 is 9.53 Å². The zero-order valence-corrected chi connectivity index (χ0v) is 21.7. The molecule has 2 unspecified atom stereocenters. The minimum absolute atomic E-state index is 0.0507. The summed E-state index contributed by atoms with van der Waals surface area (Å²) in [6.45, 7) is 9.71. The smallest absolute Gasteiger partial charge is 0.227 e. The minimum atomic E-state index is 0.0507. The van der Waals surface area contributed by atoms with Gasteiger partial charge >= 0.3 is 0 Å². The van der Waals surface area contributed by atoms with Crippen LogP contribution in [0.3, 0.4) is 0 Å². The first-order valence-corrected chi connectivity index (χ1v) is 12.1. The number of terminal acetylenes is 1. The molecule has 0 bridgehead atoms. The number of likely N-dealkylation sites (N-methyl/N-ethyl adjacent to an activating group) is 1. The number of anilines is 1. The number of carbonyl (C=O) groups excluding carboxylic acids is 1. The van der Waals surface area contributed by atoms with E-state index < -0.39 is 0 Å². The third kappa shape index (κ3) is 6.83. The molecular weight excluding hydrogens is 450 g/mol. The van der Waals surface area contributed by atoms with Gasteiger partial charge < -0.3 is 20.3 Å². The average molecular weight is 486 g/mol. The van der Waals surface area contributed by atoms with Crippen molar-refractivity contribution in [1.29, 1.82) is 0 Å². The number of hydrogen-bond donors (Lipinski definition) is 2. The van der Waals surface area contributed by atoms with Crippen LogP contribution >= 0.6 is 0 Å². The number of nitrogens with zero attached hydrogens (tertiary/aromatic N) is 3. The SMILES string of the molecule is C#C/C(=C\C=C(/C)Nc1nccc(C2CC(C)N(CCNC)C(C=O)=C2C)n1)Oc1ccc(C)cc1. The summed E-state index contributed by atoms with van der Waals surface area (Å²) in [6, 6.07) is 9.85. The van der Waals surface area contributed by atoms with E-state index in [4.69, 9.17) is 16.1 Å². The van der Waals surface area contributed by atoms with Gasteiger partial charge in [-0.25, -0.2) is 9.97 Å². The van der Waals surface area contributed by atoms with Crippen LogP contribution in [-0.4, -0.2) is 47.3 Å². The van der Waals surface area contributed by atoms with Gasteiger partial charge in [-0.15, -0.1) is 6.42 Å². The van der Waals surface area contributed by atoms with E-state index in [1.165, 1.54) is 0 Å². The Morgan fingerprint density at radius 2 is 2.00 bits per heavy atom. The Bertz CT molecular complexity index is 1190. The van der Waals surface area contributed by atoms with Crippen LogP contribution in [0.5, 0.6) is 5.75 Å². The van der Waals surface area contributed by atoms with Crippen LogP contribution in [0.2, 0.25) is 0 Å². The summed E-state index contributed by atoms with van der Waals surface area (Å²) >= 11 is 0. The standard InChI is InChI=1S/C29H35N5O2/c1-7-24(36-25-11-8-20(2)9-12-25)13-10-21(3)32-29-31-15-14-27(33-29)26-18-22(4)34(17-16-30-6)28(19-35)23(26)5/h1,8-15,19,22,26,30H,16-18H2,2-6H3,(H,31,32,33)/b21-10+,24-13+. The van der Waals surface area contributed by atoms with Gasteiger partial charge in [-0.1, -0.05) is 17.7 Å². The second-order valence-electron chi connectivity index (χ2n) is 8.99. The van der Waals surface area contributed by atoms with Gasteiger partial charge in [0.2, 0.25) is 5.95 Å². The van der Waals surface area contributed by atoms with Crippen molar-refractivity contribution in [2.45, 2.75) is 46.1 Å². The Hall–Kier alpha value is -3.89. The predicted molar refractivity (Wildman–Crippen MR) is 144 cm³/mol. The highest BCUT2D eigenvalue weighted by Crippen LogP contribution is 2.37. The maximum Gasteiger partial charge on any atom is 0.227 e. The number of rotatable bonds is 10. The van der Waals surface area contributed by atoms with Crippen molar-refractivity contribution in [3.05, 3.63) is 82.7 Å². The largest absolute Gasteiger partial charge is 0.448 e. The van der Waals surface area contributed by atoms with E-state index in [0.29, 0.717) is 17.5 Å². The lowest BCUT2D eigenvalue weighted by Gasteiger charge is -2.40. The van der Waals surface area contributed by atoms with Gasteiger partial charge in [-0.3, -0.25) is 4.79 Å². The molecule has 3 rings (SSSR count). The number of hydrogen-bond acceptors (Lipinski definition) is 7. The lowest BCUT2D eigenvalue weighted by atomic mass is 9.84. The summed E-state index contributed by atoms with van der Waals surface area (Å²) in [5, 5.41) is 6.39. The summed E-state index contributed by atoms with van der Waals surface area (Å²) in [6.07, 6.45) is 12.8. The van der Waals surface area contributed by atoms with E-state index in [9.17, 15) is 4.79 Å². The number of nitrogens with one attached hydrogen (secondary N) is 2. The molecule has 36 heavy (non-hydrogen) atoms. The monoisotopic (exact) mass is 485 g/mol. The molecule has 7 nitrogen and oxygen atoms in total. The van der Waals surface area contributed by atoms with Crippen LogP contribution in [0.1, 0.15) is 44.4 Å². The van der Waals surface area contributed by atoms with Crippen LogP contribution in [0.25, 0.3) is 0 Å². The van der Waals surface area contributed by atoms with Gasteiger partial charge in [-0.05, 0) is 83.0 Å².